The van der Waals surface area contributed by atoms with Gasteiger partial charge in [0.1, 0.15) is 0 Å². The van der Waals surface area contributed by atoms with Crippen LogP contribution in [0.1, 0.15) is 12.1 Å². The van der Waals surface area contributed by atoms with Crippen molar-refractivity contribution >= 4 is 27.8 Å². The van der Waals surface area contributed by atoms with Crippen molar-refractivity contribution in [1.82, 2.24) is 9.97 Å². The van der Waals surface area contributed by atoms with E-state index in [1.165, 1.54) is 0 Å². The number of hydrogen-bond donors (Lipinski definition) is 1. The van der Waals surface area contributed by atoms with Gasteiger partial charge in [-0.15, -0.1) is 0 Å². The highest BCUT2D eigenvalue weighted by molar-refractivity contribution is 9.10. The molecule has 2 heterocycles. The van der Waals surface area contributed by atoms with Crippen molar-refractivity contribution in [3.05, 3.63) is 16.4 Å². The van der Waals surface area contributed by atoms with Crippen LogP contribution in [-0.2, 0) is 4.79 Å². The topological polar surface area (TPSA) is 66.3 Å². The van der Waals surface area contributed by atoms with E-state index in [9.17, 15) is 4.79 Å². The second-order valence-corrected chi connectivity index (χ2v) is 4.73. The molecular weight excluding hydrogens is 274 g/mol. The summed E-state index contributed by atoms with van der Waals surface area (Å²) in [7, 11) is 0. The Kier molecular flexibility index (Phi) is 3.09. The number of anilines is 1. The third kappa shape index (κ3) is 2.16. The van der Waals surface area contributed by atoms with Crippen molar-refractivity contribution in [3.8, 4) is 0 Å². The molecule has 5 nitrogen and oxygen atoms in total. The van der Waals surface area contributed by atoms with Crippen molar-refractivity contribution in [2.75, 3.05) is 18.0 Å². The largest absolute Gasteiger partial charge is 0.481 e. The third-order valence-corrected chi connectivity index (χ3v) is 3.51. The van der Waals surface area contributed by atoms with E-state index in [1.807, 2.05) is 11.8 Å². The maximum absolute atomic E-state index is 10.8. The lowest BCUT2D eigenvalue weighted by Crippen LogP contribution is -2.24. The fourth-order valence-corrected chi connectivity index (χ4v) is 1.93. The van der Waals surface area contributed by atoms with Gasteiger partial charge in [-0.1, -0.05) is 0 Å². The predicted molar refractivity (Wildman–Crippen MR) is 62.4 cm³/mol. The van der Waals surface area contributed by atoms with E-state index in [2.05, 4.69) is 25.9 Å². The third-order valence-electron chi connectivity index (χ3n) is 2.73. The average Bonchev–Trinajstić information content (AvgIpc) is 2.71. The molecule has 0 radical (unpaired) electrons. The van der Waals surface area contributed by atoms with Gasteiger partial charge in [-0.3, -0.25) is 4.79 Å². The Balaban J connectivity index is 2.14. The zero-order valence-corrected chi connectivity index (χ0v) is 10.4. The molecule has 1 fully saturated rings. The minimum Gasteiger partial charge on any atom is -0.481 e. The van der Waals surface area contributed by atoms with Gasteiger partial charge in [0.25, 0.3) is 0 Å². The van der Waals surface area contributed by atoms with Gasteiger partial charge in [0, 0.05) is 19.3 Å². The highest BCUT2D eigenvalue weighted by Crippen LogP contribution is 2.22. The van der Waals surface area contributed by atoms with E-state index in [0.29, 0.717) is 25.5 Å². The molecule has 1 unspecified atom stereocenters. The van der Waals surface area contributed by atoms with Crippen LogP contribution in [-0.4, -0.2) is 34.1 Å². The summed E-state index contributed by atoms with van der Waals surface area (Å²) in [6, 6.07) is 0. The van der Waals surface area contributed by atoms with Crippen LogP contribution in [0.15, 0.2) is 10.7 Å². The number of carboxylic acids is 1. The molecule has 1 aromatic rings. The van der Waals surface area contributed by atoms with Gasteiger partial charge in [-0.2, -0.15) is 0 Å². The Labute approximate surface area is 102 Å². The summed E-state index contributed by atoms with van der Waals surface area (Å²) in [5, 5.41) is 8.90. The van der Waals surface area contributed by atoms with Gasteiger partial charge >= 0.3 is 5.97 Å². The van der Waals surface area contributed by atoms with Crippen LogP contribution in [0.2, 0.25) is 0 Å². The van der Waals surface area contributed by atoms with Gasteiger partial charge in [0.05, 0.1) is 16.1 Å². The monoisotopic (exact) mass is 285 g/mol. The lowest BCUT2D eigenvalue weighted by Gasteiger charge is -2.15. The minimum atomic E-state index is -0.740. The number of rotatable bonds is 2. The van der Waals surface area contributed by atoms with Crippen LogP contribution in [0.25, 0.3) is 0 Å². The second-order valence-electron chi connectivity index (χ2n) is 3.87. The average molecular weight is 286 g/mol. The van der Waals surface area contributed by atoms with Crippen LogP contribution >= 0.6 is 15.9 Å². The smallest absolute Gasteiger partial charge is 0.308 e. The molecule has 0 saturated carbocycles. The summed E-state index contributed by atoms with van der Waals surface area (Å²) < 4.78 is 0.866. The van der Waals surface area contributed by atoms with Crippen molar-refractivity contribution in [2.45, 2.75) is 13.3 Å². The number of aryl methyl sites for hydroxylation is 1. The van der Waals surface area contributed by atoms with Crippen molar-refractivity contribution in [1.29, 1.82) is 0 Å². The summed E-state index contributed by atoms with van der Waals surface area (Å²) in [5.74, 6) is -0.423. The van der Waals surface area contributed by atoms with Crippen LogP contribution < -0.4 is 4.90 Å². The van der Waals surface area contributed by atoms with Gasteiger partial charge in [0.2, 0.25) is 5.95 Å². The molecule has 0 spiro atoms. The van der Waals surface area contributed by atoms with Crippen LogP contribution in [0.4, 0.5) is 5.95 Å². The first-order valence-corrected chi connectivity index (χ1v) is 5.84. The highest BCUT2D eigenvalue weighted by atomic mass is 79.9. The maximum Gasteiger partial charge on any atom is 0.308 e. The van der Waals surface area contributed by atoms with E-state index in [0.717, 1.165) is 10.2 Å². The number of aliphatic carboxylic acids is 1. The Hall–Kier alpha value is -1.17. The van der Waals surface area contributed by atoms with E-state index in [-0.39, 0.29) is 5.92 Å². The number of hydrogen-bond acceptors (Lipinski definition) is 4. The van der Waals surface area contributed by atoms with E-state index < -0.39 is 5.97 Å². The first kappa shape index (κ1) is 11.3. The summed E-state index contributed by atoms with van der Waals surface area (Å²) in [6.45, 7) is 3.09. The zero-order valence-electron chi connectivity index (χ0n) is 8.85. The molecule has 0 amide bonds. The van der Waals surface area contributed by atoms with Crippen LogP contribution in [0.3, 0.4) is 0 Å². The zero-order chi connectivity index (χ0) is 11.7. The summed E-state index contributed by atoms with van der Waals surface area (Å²) in [5.41, 5.74) is 0.865. The highest BCUT2D eigenvalue weighted by Gasteiger charge is 2.29. The predicted octanol–water partition coefficient (Wildman–Crippen LogP) is 1.46. The van der Waals surface area contributed by atoms with Crippen molar-refractivity contribution in [3.63, 3.8) is 0 Å². The first-order valence-electron chi connectivity index (χ1n) is 5.05. The quantitative estimate of drug-likeness (QED) is 0.891. The molecule has 16 heavy (non-hydrogen) atoms. The fraction of sp³-hybridized carbons (Fsp3) is 0.500. The maximum atomic E-state index is 10.8. The Morgan fingerprint density at radius 1 is 1.69 bits per heavy atom. The van der Waals surface area contributed by atoms with E-state index >= 15 is 0 Å². The van der Waals surface area contributed by atoms with Gasteiger partial charge in [-0.25, -0.2) is 9.97 Å². The first-order chi connectivity index (χ1) is 7.58. The molecule has 1 aliphatic heterocycles. The van der Waals surface area contributed by atoms with Crippen LogP contribution in [0, 0.1) is 12.8 Å². The van der Waals surface area contributed by atoms with Crippen molar-refractivity contribution in [2.24, 2.45) is 5.92 Å². The van der Waals surface area contributed by atoms with E-state index in [1.54, 1.807) is 6.20 Å². The Bertz CT molecular complexity index is 425. The molecule has 1 N–H and O–H groups in total. The molecule has 0 bridgehead atoms. The lowest BCUT2D eigenvalue weighted by molar-refractivity contribution is -0.140. The molecule has 1 saturated heterocycles. The molecule has 0 aliphatic carbocycles. The van der Waals surface area contributed by atoms with Crippen molar-refractivity contribution < 1.29 is 9.90 Å². The number of carboxylic acid groups (broad SMARTS) is 1. The normalized spacial score (nSPS) is 20.1. The summed E-state index contributed by atoms with van der Waals surface area (Å²) in [4.78, 5) is 21.3. The van der Waals surface area contributed by atoms with E-state index in [4.69, 9.17) is 5.11 Å². The molecule has 1 atom stereocenters. The number of carbonyl (C=O) groups is 1. The van der Waals surface area contributed by atoms with Crippen LogP contribution in [0.5, 0.6) is 0 Å². The molecule has 2 rings (SSSR count). The molecule has 1 aromatic heterocycles. The molecule has 86 valence electrons. The molecule has 6 heteroatoms. The minimum absolute atomic E-state index is 0.299. The lowest BCUT2D eigenvalue weighted by atomic mass is 10.1. The standard InChI is InChI=1S/C10H12BrN3O2/c1-6-8(11)4-12-10(13-6)14-3-2-7(5-14)9(15)16/h4,7H,2-3,5H2,1H3,(H,15,16). The van der Waals surface area contributed by atoms with Gasteiger partial charge in [-0.05, 0) is 29.3 Å². The Morgan fingerprint density at radius 2 is 2.44 bits per heavy atom. The number of nitrogens with zero attached hydrogens (tertiary/aromatic N) is 3. The molecule has 1 aliphatic rings. The summed E-state index contributed by atoms with van der Waals surface area (Å²) >= 11 is 3.34. The summed E-state index contributed by atoms with van der Waals surface area (Å²) in [6.07, 6.45) is 2.36. The Morgan fingerprint density at radius 3 is 3.00 bits per heavy atom. The number of halogens is 1. The number of aromatic nitrogens is 2. The molecule has 0 aromatic carbocycles. The second kappa shape index (κ2) is 4.37. The fourth-order valence-electron chi connectivity index (χ4n) is 1.74. The van der Waals surface area contributed by atoms with Gasteiger partial charge < -0.3 is 10.0 Å². The SMILES string of the molecule is Cc1nc(N2CCC(C(=O)O)C2)ncc1Br. The van der Waals surface area contributed by atoms with Gasteiger partial charge in [0.15, 0.2) is 0 Å². The molecular formula is C10H12BrN3O2.